The molecule has 0 atom stereocenters. The second-order valence-corrected chi connectivity index (χ2v) is 16.6. The van der Waals surface area contributed by atoms with Crippen LogP contribution >= 0.6 is 0 Å². The van der Waals surface area contributed by atoms with Crippen molar-refractivity contribution < 1.29 is 79.9 Å². The summed E-state index contributed by atoms with van der Waals surface area (Å²) in [6, 6.07) is 0.140. The summed E-state index contributed by atoms with van der Waals surface area (Å²) in [5.41, 5.74) is -3.69. The van der Waals surface area contributed by atoms with Gasteiger partial charge in [0.1, 0.15) is 6.61 Å². The number of hydrogen-bond donors (Lipinski definition) is 0. The average molecular weight is 792 g/mol. The molecule has 0 unspecified atom stereocenters. The van der Waals surface area contributed by atoms with Crippen molar-refractivity contribution in [2.24, 2.45) is 0 Å². The summed E-state index contributed by atoms with van der Waals surface area (Å²) >= 11 is 0. The highest BCUT2D eigenvalue weighted by Crippen LogP contribution is 2.50. The molecule has 0 radical (unpaired) electrons. The molecule has 1 aromatic rings. The highest BCUT2D eigenvalue weighted by atomic mass is 28.4. The Kier molecular flexibility index (Phi) is 16.1. The van der Waals surface area contributed by atoms with Gasteiger partial charge in [0.05, 0.1) is 13.2 Å². The van der Waals surface area contributed by atoms with E-state index in [2.05, 4.69) is 9.47 Å². The van der Waals surface area contributed by atoms with Gasteiger partial charge in [0.2, 0.25) is 0 Å². The molecule has 0 aromatic carbocycles. The molecule has 0 N–H and O–H groups in total. The van der Waals surface area contributed by atoms with Crippen LogP contribution in [0.5, 0.6) is 0 Å². The van der Waals surface area contributed by atoms with Gasteiger partial charge in [0.25, 0.3) is 0 Å². The minimum Gasteiger partial charge on any atom is -0.377 e. The first-order valence-corrected chi connectivity index (χ1v) is 18.1. The molecule has 0 spiro atoms. The quantitative estimate of drug-likeness (QED) is 0.0868. The Morgan fingerprint density at radius 2 is 0.900 bits per heavy atom. The molecule has 26 heteroatoms. The highest BCUT2D eigenvalue weighted by molar-refractivity contribution is 6.60. The van der Waals surface area contributed by atoms with E-state index in [-0.39, 0.29) is 38.0 Å². The third kappa shape index (κ3) is 10.2. The van der Waals surface area contributed by atoms with E-state index in [4.69, 9.17) is 26.6 Å². The zero-order chi connectivity index (χ0) is 39.0. The zero-order valence-corrected chi connectivity index (χ0v) is 30.0. The van der Waals surface area contributed by atoms with Gasteiger partial charge in [-0.1, -0.05) is 0 Å². The predicted octanol–water partition coefficient (Wildman–Crippen LogP) is 2.85. The van der Waals surface area contributed by atoms with Crippen LogP contribution < -0.4 is 17.1 Å². The summed E-state index contributed by atoms with van der Waals surface area (Å²) in [5, 5.41) is 0. The van der Waals surface area contributed by atoms with Crippen LogP contribution in [0.2, 0.25) is 12.1 Å². The summed E-state index contributed by atoms with van der Waals surface area (Å²) in [6.07, 6.45) is -13.3. The third-order valence-corrected chi connectivity index (χ3v) is 13.0. The van der Waals surface area contributed by atoms with Gasteiger partial charge in [0, 0.05) is 74.8 Å². The number of nitrogens with zero attached hydrogens (tertiary/aromatic N) is 3. The molecule has 0 fully saturated rings. The molecule has 50 heavy (non-hydrogen) atoms. The molecule has 0 saturated carbocycles. The van der Waals surface area contributed by atoms with Crippen molar-refractivity contribution >= 4 is 17.6 Å². The lowest BCUT2D eigenvalue weighted by Crippen LogP contribution is -2.59. The Hall–Kier alpha value is -2.18. The molecule has 0 aliphatic heterocycles. The first-order chi connectivity index (χ1) is 22.8. The Labute approximate surface area is 280 Å². The summed E-state index contributed by atoms with van der Waals surface area (Å²) in [7, 11) is 1.40. The third-order valence-electron chi connectivity index (χ3n) is 7.32. The molecular formula is C24H39F10N3O11Si2. The number of aromatic nitrogens is 3. The largest absolute Gasteiger partial charge is 0.500 e. The van der Waals surface area contributed by atoms with Gasteiger partial charge >= 0.3 is 64.7 Å². The van der Waals surface area contributed by atoms with Crippen LogP contribution in [0.25, 0.3) is 0 Å². The maximum atomic E-state index is 14.1. The SMILES string of the molecule is CO[Si](CCCn1c(=O)n(CCC[Si](OC)(OC)OC)c(=O)n(CCOCC(F)(F)C(F)(F)OC(F)(F)C(F)(F)C(C)(F)F)c1=O)(OC)OC. The molecule has 14 nitrogen and oxygen atoms in total. The Morgan fingerprint density at radius 1 is 0.560 bits per heavy atom. The second-order valence-electron chi connectivity index (χ2n) is 10.5. The Balaban J connectivity index is 3.34. The number of halogens is 10. The van der Waals surface area contributed by atoms with Gasteiger partial charge in [-0.25, -0.2) is 32.8 Å². The van der Waals surface area contributed by atoms with E-state index in [0.29, 0.717) is 13.7 Å². The summed E-state index contributed by atoms with van der Waals surface area (Å²) in [6.45, 7) is -6.23. The van der Waals surface area contributed by atoms with Crippen LogP contribution in [0.1, 0.15) is 19.8 Å². The summed E-state index contributed by atoms with van der Waals surface area (Å²) in [4.78, 5) is 39.7. The van der Waals surface area contributed by atoms with Gasteiger partial charge in [-0.2, -0.15) is 43.9 Å². The van der Waals surface area contributed by atoms with E-state index in [0.717, 1.165) is 0 Å². The monoisotopic (exact) mass is 791 g/mol. The van der Waals surface area contributed by atoms with E-state index in [1.807, 2.05) is 0 Å². The lowest BCUT2D eigenvalue weighted by atomic mass is 10.2. The molecule has 294 valence electrons. The first-order valence-electron chi connectivity index (χ1n) is 14.3. The van der Waals surface area contributed by atoms with E-state index in [1.165, 1.54) is 42.7 Å². The van der Waals surface area contributed by atoms with E-state index >= 15 is 0 Å². The van der Waals surface area contributed by atoms with Crippen molar-refractivity contribution in [1.82, 2.24) is 13.7 Å². The van der Waals surface area contributed by atoms with Crippen LogP contribution in [0.15, 0.2) is 14.4 Å². The van der Waals surface area contributed by atoms with E-state index < -0.39 is 91.3 Å². The van der Waals surface area contributed by atoms with Gasteiger partial charge in [-0.05, 0) is 12.8 Å². The van der Waals surface area contributed by atoms with E-state index in [1.54, 1.807) is 0 Å². The van der Waals surface area contributed by atoms with Crippen LogP contribution in [-0.4, -0.2) is 117 Å². The maximum Gasteiger partial charge on any atom is 0.500 e. The molecule has 0 amide bonds. The van der Waals surface area contributed by atoms with Crippen molar-refractivity contribution in [1.29, 1.82) is 0 Å². The number of alkyl halides is 10. The molecule has 0 aliphatic carbocycles. The van der Waals surface area contributed by atoms with Crippen molar-refractivity contribution in [2.45, 2.75) is 81.5 Å². The number of hydrogen-bond acceptors (Lipinski definition) is 11. The van der Waals surface area contributed by atoms with Gasteiger partial charge in [-0.3, -0.25) is 0 Å². The first kappa shape index (κ1) is 45.8. The summed E-state index contributed by atoms with van der Waals surface area (Å²) < 4.78 is 175. The summed E-state index contributed by atoms with van der Waals surface area (Å²) in [5.74, 6) is -18.1. The lowest BCUT2D eigenvalue weighted by molar-refractivity contribution is -0.486. The average Bonchev–Trinajstić information content (AvgIpc) is 3.03. The molecule has 1 heterocycles. The van der Waals surface area contributed by atoms with Gasteiger partial charge < -0.3 is 31.3 Å². The molecule has 1 rings (SSSR count). The van der Waals surface area contributed by atoms with Crippen molar-refractivity contribution in [3.63, 3.8) is 0 Å². The standard InChI is InChI=1S/C24H39F10N3O11Si2/c1-20(25,26)22(29,30)24(33,34)48-23(31,32)21(27,28)16-47-13-12-37-18(39)35(10-8-14-49(41-2,42-3)43-4)17(38)36(19(37)40)11-9-15-50(44-5,45-6)46-7/h8-16H2,1-7H3. The van der Waals surface area contributed by atoms with Gasteiger partial charge in [0.15, 0.2) is 0 Å². The van der Waals surface area contributed by atoms with Crippen LogP contribution in [0.3, 0.4) is 0 Å². The van der Waals surface area contributed by atoms with Crippen molar-refractivity contribution in [2.75, 3.05) is 55.9 Å². The molecule has 0 bridgehead atoms. The molecular weight excluding hydrogens is 752 g/mol. The minimum absolute atomic E-state index is 0.00753. The molecule has 0 aliphatic rings. The lowest BCUT2D eigenvalue weighted by Gasteiger charge is -2.34. The topological polar surface area (TPSA) is 140 Å². The fourth-order valence-corrected chi connectivity index (χ4v) is 7.68. The highest BCUT2D eigenvalue weighted by Gasteiger charge is 2.75. The van der Waals surface area contributed by atoms with Crippen LogP contribution in [-0.2, 0) is 55.7 Å². The molecule has 1 aromatic heterocycles. The van der Waals surface area contributed by atoms with Crippen LogP contribution in [0.4, 0.5) is 43.9 Å². The predicted molar refractivity (Wildman–Crippen MR) is 154 cm³/mol. The van der Waals surface area contributed by atoms with Crippen LogP contribution in [0, 0.1) is 0 Å². The number of rotatable bonds is 24. The van der Waals surface area contributed by atoms with Crippen molar-refractivity contribution in [3.05, 3.63) is 31.5 Å². The molecule has 0 saturated heterocycles. The Bertz CT molecular complexity index is 1340. The maximum absolute atomic E-state index is 14.1. The van der Waals surface area contributed by atoms with Crippen molar-refractivity contribution in [3.8, 4) is 0 Å². The van der Waals surface area contributed by atoms with E-state index in [9.17, 15) is 58.3 Å². The smallest absolute Gasteiger partial charge is 0.377 e. The minimum atomic E-state index is -6.78. The second kappa shape index (κ2) is 17.6. The fraction of sp³-hybridized carbons (Fsp3) is 0.875. The Morgan fingerprint density at radius 3 is 1.22 bits per heavy atom. The fourth-order valence-electron chi connectivity index (χ4n) is 4.27. The zero-order valence-electron chi connectivity index (χ0n) is 28.0. The number of ether oxygens (including phenoxy) is 2. The normalized spacial score (nSPS) is 14.1. The van der Waals surface area contributed by atoms with Gasteiger partial charge in [-0.15, -0.1) is 0 Å².